The van der Waals surface area contributed by atoms with E-state index < -0.39 is 0 Å². The van der Waals surface area contributed by atoms with Crippen LogP contribution in [0.1, 0.15) is 0 Å². The van der Waals surface area contributed by atoms with Crippen LogP contribution in [0.4, 0.5) is 0 Å². The summed E-state index contributed by atoms with van der Waals surface area (Å²) in [7, 11) is 0. The Morgan fingerprint density at radius 1 is 0.318 bits per heavy atom. The molecule has 5 aromatic heterocycles. The van der Waals surface area contributed by atoms with E-state index in [1.807, 2.05) is 34.7 Å². The second kappa shape index (κ2) is 13.1. The predicted molar refractivity (Wildman–Crippen MR) is 274 cm³/mol. The van der Waals surface area contributed by atoms with E-state index in [1.54, 1.807) is 0 Å². The first-order chi connectivity index (χ1) is 32.7. The predicted octanol–water partition coefficient (Wildman–Crippen LogP) is 15.6. The van der Waals surface area contributed by atoms with Gasteiger partial charge in [0.1, 0.15) is 11.2 Å². The zero-order valence-electron chi connectivity index (χ0n) is 35.4. The van der Waals surface area contributed by atoms with E-state index in [-0.39, 0.29) is 5.56 Å². The van der Waals surface area contributed by atoms with Crippen LogP contribution in [0, 0.1) is 0 Å². The molecule has 0 spiro atoms. The Labute approximate surface area is 376 Å². The van der Waals surface area contributed by atoms with Crippen LogP contribution in [-0.2, 0) is 0 Å². The lowest BCUT2D eigenvalue weighted by Crippen LogP contribution is -2.12. The molecule has 0 unspecified atom stereocenters. The summed E-state index contributed by atoms with van der Waals surface area (Å²) in [5, 5.41) is 11.7. The summed E-state index contributed by atoms with van der Waals surface area (Å²) in [5.41, 5.74) is 14.7. The maximum Gasteiger partial charge on any atom is 0.263 e. The van der Waals surface area contributed by atoms with Crippen molar-refractivity contribution in [2.24, 2.45) is 0 Å². The Morgan fingerprint density at radius 2 is 0.924 bits per heavy atom. The van der Waals surface area contributed by atoms with Crippen molar-refractivity contribution >= 4 is 104 Å². The molecule has 0 fully saturated rings. The van der Waals surface area contributed by atoms with Gasteiger partial charge in [-0.1, -0.05) is 140 Å². The van der Waals surface area contributed by atoms with Crippen LogP contribution in [0.15, 0.2) is 222 Å². The van der Waals surface area contributed by atoms with Crippen molar-refractivity contribution in [3.8, 4) is 33.6 Å². The van der Waals surface area contributed by atoms with Crippen LogP contribution in [0.25, 0.3) is 137 Å². The molecule has 0 aliphatic carbocycles. The van der Waals surface area contributed by atoms with Gasteiger partial charge < -0.3 is 13.6 Å². The number of benzene rings is 10. The van der Waals surface area contributed by atoms with Crippen molar-refractivity contribution in [1.29, 1.82) is 0 Å². The third-order valence-electron chi connectivity index (χ3n) is 14.2. The molecular formula is C61H35N3O2. The van der Waals surface area contributed by atoms with Gasteiger partial charge in [0, 0.05) is 65.1 Å². The van der Waals surface area contributed by atoms with Crippen molar-refractivity contribution in [2.45, 2.75) is 0 Å². The average molecular weight is 842 g/mol. The third-order valence-corrected chi connectivity index (χ3v) is 14.2. The van der Waals surface area contributed by atoms with E-state index in [4.69, 9.17) is 4.42 Å². The van der Waals surface area contributed by atoms with Gasteiger partial charge in [0.15, 0.2) is 0 Å². The van der Waals surface area contributed by atoms with Gasteiger partial charge in [-0.2, -0.15) is 0 Å². The largest absolute Gasteiger partial charge is 0.456 e. The molecule has 0 amide bonds. The highest BCUT2D eigenvalue weighted by molar-refractivity contribution is 6.22. The monoisotopic (exact) mass is 841 g/mol. The number of nitrogens with zero attached hydrogens (tertiary/aromatic N) is 3. The minimum Gasteiger partial charge on any atom is -0.456 e. The lowest BCUT2D eigenvalue weighted by Gasteiger charge is -2.17. The Hall–Kier alpha value is -8.93. The van der Waals surface area contributed by atoms with Crippen molar-refractivity contribution in [1.82, 2.24) is 13.5 Å². The molecule has 0 aliphatic heterocycles. The van der Waals surface area contributed by atoms with E-state index in [1.165, 1.54) is 10.9 Å². The number of hydrogen-bond donors (Lipinski definition) is 0. The fourth-order valence-electron chi connectivity index (χ4n) is 11.3. The lowest BCUT2D eigenvalue weighted by molar-refractivity contribution is 0.669. The number of para-hydroxylation sites is 4. The number of pyridine rings is 1. The van der Waals surface area contributed by atoms with E-state index in [0.717, 1.165) is 126 Å². The highest BCUT2D eigenvalue weighted by Crippen LogP contribution is 2.45. The van der Waals surface area contributed by atoms with Crippen LogP contribution in [0.2, 0.25) is 0 Å². The van der Waals surface area contributed by atoms with Crippen LogP contribution >= 0.6 is 0 Å². The molecule has 15 rings (SSSR count). The molecule has 306 valence electrons. The van der Waals surface area contributed by atoms with Gasteiger partial charge in [0.25, 0.3) is 5.56 Å². The summed E-state index contributed by atoms with van der Waals surface area (Å²) < 4.78 is 13.3. The summed E-state index contributed by atoms with van der Waals surface area (Å²) in [6, 6.07) is 75.7. The highest BCUT2D eigenvalue weighted by Gasteiger charge is 2.24. The molecule has 5 heteroatoms. The Bertz CT molecular complexity index is 4600. The zero-order valence-corrected chi connectivity index (χ0v) is 35.4. The summed E-state index contributed by atoms with van der Waals surface area (Å²) >= 11 is 0. The standard InChI is InChI=1S/C61H35N3O2/c65-61-46-22-5-4-18-40(46)44-23-13-24-45-48-31-38(28-29-54(48)64(61)60(44)45)47-32-49-41-19-6-9-25-52(41)62(39-17-12-16-37(30-39)36-14-2-1-3-15-36)57(49)35-56(47)63-53-26-10-7-20-42(53)50-34-59-51(33-55(50)63)43-21-8-11-27-58(43)66-59/h1-35H. The first-order valence-corrected chi connectivity index (χ1v) is 22.5. The van der Waals surface area contributed by atoms with E-state index in [9.17, 15) is 4.79 Å². The molecule has 10 aromatic carbocycles. The molecule has 0 saturated carbocycles. The molecule has 0 radical (unpaired) electrons. The van der Waals surface area contributed by atoms with Gasteiger partial charge in [-0.25, -0.2) is 0 Å². The number of fused-ring (bicyclic) bond motifs is 14. The zero-order chi connectivity index (χ0) is 43.2. The molecule has 0 N–H and O–H groups in total. The molecule has 0 saturated heterocycles. The van der Waals surface area contributed by atoms with Crippen LogP contribution in [-0.4, -0.2) is 13.5 Å². The topological polar surface area (TPSA) is 44.5 Å². The lowest BCUT2D eigenvalue weighted by atomic mass is 9.98. The molecule has 66 heavy (non-hydrogen) atoms. The maximum absolute atomic E-state index is 14.4. The Balaban J connectivity index is 1.09. The third kappa shape index (κ3) is 4.75. The molecule has 0 atom stereocenters. The van der Waals surface area contributed by atoms with Gasteiger partial charge in [-0.05, 0) is 94.9 Å². The molecule has 0 aliphatic rings. The quantitative estimate of drug-likeness (QED) is 0.166. The fourth-order valence-corrected chi connectivity index (χ4v) is 11.3. The second-order valence-corrected chi connectivity index (χ2v) is 17.6. The van der Waals surface area contributed by atoms with Gasteiger partial charge in [-0.3, -0.25) is 9.20 Å². The van der Waals surface area contributed by atoms with Gasteiger partial charge in [0.2, 0.25) is 0 Å². The van der Waals surface area contributed by atoms with Crippen molar-refractivity contribution < 1.29 is 4.42 Å². The summed E-state index contributed by atoms with van der Waals surface area (Å²) in [5.74, 6) is 0. The van der Waals surface area contributed by atoms with Crippen molar-refractivity contribution in [2.75, 3.05) is 0 Å². The average Bonchev–Trinajstić information content (AvgIpc) is 4.11. The molecule has 5 nitrogen and oxygen atoms in total. The summed E-state index contributed by atoms with van der Waals surface area (Å²) in [6.07, 6.45) is 0. The molecular weight excluding hydrogens is 807 g/mol. The molecule has 0 bridgehead atoms. The van der Waals surface area contributed by atoms with Gasteiger partial charge in [0.05, 0.1) is 38.8 Å². The maximum atomic E-state index is 14.4. The van der Waals surface area contributed by atoms with Crippen molar-refractivity contribution in [3.05, 3.63) is 223 Å². The highest BCUT2D eigenvalue weighted by atomic mass is 16.3. The molecule has 15 aromatic rings. The fraction of sp³-hybridized carbons (Fsp3) is 0. The van der Waals surface area contributed by atoms with Gasteiger partial charge >= 0.3 is 0 Å². The number of rotatable bonds is 4. The Morgan fingerprint density at radius 3 is 1.74 bits per heavy atom. The molecule has 5 heterocycles. The van der Waals surface area contributed by atoms with Gasteiger partial charge in [-0.15, -0.1) is 0 Å². The van der Waals surface area contributed by atoms with Crippen molar-refractivity contribution in [3.63, 3.8) is 0 Å². The summed E-state index contributed by atoms with van der Waals surface area (Å²) in [4.78, 5) is 14.4. The van der Waals surface area contributed by atoms with Crippen LogP contribution in [0.5, 0.6) is 0 Å². The second-order valence-electron chi connectivity index (χ2n) is 17.6. The number of aromatic nitrogens is 3. The first kappa shape index (κ1) is 35.5. The number of furan rings is 1. The van der Waals surface area contributed by atoms with E-state index in [0.29, 0.717) is 0 Å². The Kier molecular flexibility index (Phi) is 7.03. The van der Waals surface area contributed by atoms with E-state index >= 15 is 0 Å². The first-order valence-electron chi connectivity index (χ1n) is 22.5. The normalized spacial score (nSPS) is 12.3. The van der Waals surface area contributed by atoms with Crippen LogP contribution in [0.3, 0.4) is 0 Å². The summed E-state index contributed by atoms with van der Waals surface area (Å²) in [6.45, 7) is 0. The minimum atomic E-state index is 0.00617. The smallest absolute Gasteiger partial charge is 0.263 e. The van der Waals surface area contributed by atoms with E-state index in [2.05, 4.69) is 191 Å². The number of hydrogen-bond acceptors (Lipinski definition) is 2. The SMILES string of the molecule is O=c1c2ccccc2c2cccc3c4cc(-c5cc6c7ccccc7n(-c7cccc(-c8ccccc8)c7)c6cc5-n5c6ccccc6c6cc7oc8ccccc8c7cc65)ccc4n1c23. The van der Waals surface area contributed by atoms with Crippen LogP contribution < -0.4 is 5.56 Å². The minimum absolute atomic E-state index is 0.00617.